The van der Waals surface area contributed by atoms with E-state index in [1.54, 1.807) is 0 Å². The van der Waals surface area contributed by atoms with Crippen molar-refractivity contribution >= 4 is 6.03 Å². The summed E-state index contributed by atoms with van der Waals surface area (Å²) in [5.41, 5.74) is 5.00. The normalized spacial score (nSPS) is 11.9. The highest BCUT2D eigenvalue weighted by atomic mass is 16.2. The molecule has 0 aliphatic heterocycles. The maximum atomic E-state index is 10.5. The molecule has 126 valence electrons. The summed E-state index contributed by atoms with van der Waals surface area (Å²) in [6.45, 7) is 2.87. The van der Waals surface area contributed by atoms with Crippen molar-refractivity contribution in [1.82, 2.24) is 5.32 Å². The number of nitrogens with one attached hydrogen (secondary N) is 1. The quantitative estimate of drug-likeness (QED) is 0.334. The first-order valence-corrected chi connectivity index (χ1v) is 8.75. The molecule has 2 amide bonds. The topological polar surface area (TPSA) is 55.1 Å². The third-order valence-electron chi connectivity index (χ3n) is 3.38. The zero-order chi connectivity index (χ0) is 16.3. The fourth-order valence-corrected chi connectivity index (χ4v) is 2.13. The maximum Gasteiger partial charge on any atom is 0.312 e. The molecule has 0 aliphatic carbocycles. The summed E-state index contributed by atoms with van der Waals surface area (Å²) < 4.78 is 0. The Morgan fingerprint density at radius 1 is 0.818 bits per heavy atom. The lowest BCUT2D eigenvalue weighted by Crippen LogP contribution is -2.29. The van der Waals surface area contributed by atoms with Crippen molar-refractivity contribution in [2.45, 2.75) is 71.1 Å². The molecular weight excluding hydrogens is 272 g/mol. The Bertz CT molecular complexity index is 332. The Balaban J connectivity index is 3.20. The second-order valence-corrected chi connectivity index (χ2v) is 5.49. The van der Waals surface area contributed by atoms with Gasteiger partial charge in [-0.25, -0.2) is 4.79 Å². The van der Waals surface area contributed by atoms with Crippen LogP contribution in [0.25, 0.3) is 0 Å². The van der Waals surface area contributed by atoms with E-state index in [-0.39, 0.29) is 0 Å². The van der Waals surface area contributed by atoms with Crippen LogP contribution in [0.15, 0.2) is 36.5 Å². The molecule has 0 unspecified atom stereocenters. The van der Waals surface area contributed by atoms with Crippen molar-refractivity contribution in [3.05, 3.63) is 36.5 Å². The average Bonchev–Trinajstić information content (AvgIpc) is 2.50. The second-order valence-electron chi connectivity index (χ2n) is 5.49. The molecule has 3 N–H and O–H groups in total. The minimum absolute atomic E-state index is 0.418. The van der Waals surface area contributed by atoms with Gasteiger partial charge in [-0.3, -0.25) is 0 Å². The van der Waals surface area contributed by atoms with Gasteiger partial charge in [0.1, 0.15) is 0 Å². The monoisotopic (exact) mass is 306 g/mol. The van der Waals surface area contributed by atoms with Crippen LogP contribution in [0.3, 0.4) is 0 Å². The molecule has 0 aliphatic rings. The van der Waals surface area contributed by atoms with Crippen LogP contribution in [0, 0.1) is 0 Å². The van der Waals surface area contributed by atoms with E-state index in [9.17, 15) is 4.79 Å². The lowest BCUT2D eigenvalue weighted by Gasteiger charge is -2.01. The molecule has 0 aromatic carbocycles. The zero-order valence-corrected chi connectivity index (χ0v) is 14.2. The summed E-state index contributed by atoms with van der Waals surface area (Å²) >= 11 is 0. The molecule has 0 radical (unpaired) electrons. The van der Waals surface area contributed by atoms with Crippen molar-refractivity contribution in [3.8, 4) is 0 Å². The molecular formula is C19H34N2O. The third-order valence-corrected chi connectivity index (χ3v) is 3.38. The summed E-state index contributed by atoms with van der Waals surface area (Å²) in [5, 5.41) is 2.62. The Morgan fingerprint density at radius 2 is 1.36 bits per heavy atom. The summed E-state index contributed by atoms with van der Waals surface area (Å²) in [5.74, 6) is 0. The molecule has 0 heterocycles. The molecule has 0 rings (SSSR count). The molecule has 0 atom stereocenters. The van der Waals surface area contributed by atoms with E-state index < -0.39 is 6.03 Å². The first kappa shape index (κ1) is 20.5. The number of hydrogen-bond acceptors (Lipinski definition) is 1. The van der Waals surface area contributed by atoms with Crippen LogP contribution in [0.1, 0.15) is 71.1 Å². The second kappa shape index (κ2) is 17.5. The molecule has 3 heteroatoms. The van der Waals surface area contributed by atoms with Gasteiger partial charge in [-0.05, 0) is 38.5 Å². The van der Waals surface area contributed by atoms with Crippen molar-refractivity contribution in [2.24, 2.45) is 5.73 Å². The number of hydrogen-bond donors (Lipinski definition) is 2. The van der Waals surface area contributed by atoms with E-state index >= 15 is 0 Å². The molecule has 3 nitrogen and oxygen atoms in total. The van der Waals surface area contributed by atoms with Crippen LogP contribution in [0.2, 0.25) is 0 Å². The van der Waals surface area contributed by atoms with Gasteiger partial charge in [-0.1, -0.05) is 69.1 Å². The van der Waals surface area contributed by atoms with Crippen LogP contribution in [-0.4, -0.2) is 12.6 Å². The number of amides is 2. The molecule has 22 heavy (non-hydrogen) atoms. The molecule has 0 aromatic heterocycles. The Morgan fingerprint density at radius 3 is 2.00 bits per heavy atom. The number of primary amides is 1. The lowest BCUT2D eigenvalue weighted by molar-refractivity contribution is 0.248. The molecule has 0 saturated heterocycles. The van der Waals surface area contributed by atoms with E-state index in [1.807, 2.05) is 0 Å². The zero-order valence-electron chi connectivity index (χ0n) is 14.2. The number of carbonyl (C=O) groups is 1. The lowest BCUT2D eigenvalue weighted by atomic mass is 10.1. The van der Waals surface area contributed by atoms with Gasteiger partial charge in [0.25, 0.3) is 0 Å². The highest BCUT2D eigenvalue weighted by molar-refractivity contribution is 5.71. The van der Waals surface area contributed by atoms with Crippen molar-refractivity contribution < 1.29 is 4.79 Å². The molecule has 0 bridgehead atoms. The number of allylic oxidation sites excluding steroid dienone is 6. The standard InChI is InChI=1S/C19H34N2O/c1-2-3-4-5-6-7-8-9-10-11-12-13-14-15-16-17-18-21-19(20)22/h3-4,6-7,9-10H,2,5,8,11-18H2,1H3,(H3,20,21,22). The summed E-state index contributed by atoms with van der Waals surface area (Å²) in [7, 11) is 0. The van der Waals surface area contributed by atoms with Gasteiger partial charge < -0.3 is 11.1 Å². The Labute approximate surface area is 136 Å². The molecule has 0 spiro atoms. The molecule has 0 fully saturated rings. The number of rotatable bonds is 14. The highest BCUT2D eigenvalue weighted by Crippen LogP contribution is 2.07. The summed E-state index contributed by atoms with van der Waals surface area (Å²) in [6, 6.07) is -0.418. The Kier molecular flexibility index (Phi) is 16.3. The van der Waals surface area contributed by atoms with Gasteiger partial charge in [-0.15, -0.1) is 0 Å². The van der Waals surface area contributed by atoms with E-state index in [4.69, 9.17) is 5.73 Å². The number of carbonyl (C=O) groups excluding carboxylic acids is 1. The molecule has 0 aromatic rings. The van der Waals surface area contributed by atoms with Crippen LogP contribution >= 0.6 is 0 Å². The minimum Gasteiger partial charge on any atom is -0.352 e. The first-order chi connectivity index (χ1) is 10.8. The van der Waals surface area contributed by atoms with Gasteiger partial charge in [0, 0.05) is 6.54 Å². The SMILES string of the molecule is CCC=CCC=CCC=CCCCCCCCCNC(N)=O. The number of urea groups is 1. The fourth-order valence-electron chi connectivity index (χ4n) is 2.13. The van der Waals surface area contributed by atoms with Gasteiger partial charge in [-0.2, -0.15) is 0 Å². The predicted molar refractivity (Wildman–Crippen MR) is 96.9 cm³/mol. The number of nitrogens with two attached hydrogens (primary N) is 1. The van der Waals surface area contributed by atoms with Crippen molar-refractivity contribution in [2.75, 3.05) is 6.54 Å². The van der Waals surface area contributed by atoms with E-state index in [2.05, 4.69) is 48.7 Å². The van der Waals surface area contributed by atoms with Crippen LogP contribution in [0.5, 0.6) is 0 Å². The highest BCUT2D eigenvalue weighted by Gasteiger charge is 1.92. The Hall–Kier alpha value is -1.51. The number of unbranched alkanes of at least 4 members (excludes halogenated alkanes) is 6. The fraction of sp³-hybridized carbons (Fsp3) is 0.632. The first-order valence-electron chi connectivity index (χ1n) is 8.75. The summed E-state index contributed by atoms with van der Waals surface area (Å²) in [4.78, 5) is 10.5. The molecule has 0 saturated carbocycles. The predicted octanol–water partition coefficient (Wildman–Crippen LogP) is 5.24. The van der Waals surface area contributed by atoms with Crippen molar-refractivity contribution in [1.29, 1.82) is 0 Å². The summed E-state index contributed by atoms with van der Waals surface area (Å²) in [6.07, 6.45) is 25.2. The van der Waals surface area contributed by atoms with Gasteiger partial charge >= 0.3 is 6.03 Å². The van der Waals surface area contributed by atoms with Crippen LogP contribution in [0.4, 0.5) is 4.79 Å². The average molecular weight is 306 g/mol. The van der Waals surface area contributed by atoms with Crippen LogP contribution < -0.4 is 11.1 Å². The largest absolute Gasteiger partial charge is 0.352 e. The van der Waals surface area contributed by atoms with E-state index in [1.165, 1.54) is 38.5 Å². The smallest absolute Gasteiger partial charge is 0.312 e. The maximum absolute atomic E-state index is 10.5. The van der Waals surface area contributed by atoms with Gasteiger partial charge in [0.15, 0.2) is 0 Å². The minimum atomic E-state index is -0.418. The van der Waals surface area contributed by atoms with E-state index in [0.717, 1.165) is 25.7 Å². The van der Waals surface area contributed by atoms with Gasteiger partial charge in [0.05, 0.1) is 0 Å². The third kappa shape index (κ3) is 18.5. The van der Waals surface area contributed by atoms with Crippen molar-refractivity contribution in [3.63, 3.8) is 0 Å². The van der Waals surface area contributed by atoms with E-state index in [0.29, 0.717) is 6.54 Å². The van der Waals surface area contributed by atoms with Gasteiger partial charge in [0.2, 0.25) is 0 Å². The van der Waals surface area contributed by atoms with Crippen LogP contribution in [-0.2, 0) is 0 Å².